The van der Waals surface area contributed by atoms with Crippen LogP contribution in [0.5, 0.6) is 11.5 Å². The third-order valence-corrected chi connectivity index (χ3v) is 6.27. The third-order valence-electron chi connectivity index (χ3n) is 6.27. The maximum atomic E-state index is 13.0. The fourth-order valence-electron chi connectivity index (χ4n) is 4.43. The van der Waals surface area contributed by atoms with E-state index in [1.165, 1.54) is 0 Å². The van der Waals surface area contributed by atoms with Gasteiger partial charge in [0.2, 0.25) is 0 Å². The zero-order valence-electron chi connectivity index (χ0n) is 20.4. The van der Waals surface area contributed by atoms with Crippen LogP contribution in [0.1, 0.15) is 18.5 Å². The molecule has 2 aliphatic heterocycles. The summed E-state index contributed by atoms with van der Waals surface area (Å²) in [6.07, 6.45) is 0. The molecular weight excluding hydrogens is 448 g/mol. The number of hydrogen-bond acceptors (Lipinski definition) is 7. The molecule has 0 radical (unpaired) electrons. The third kappa shape index (κ3) is 5.68. The van der Waals surface area contributed by atoms with E-state index in [1.807, 2.05) is 42.5 Å². The largest absolute Gasteiger partial charge is 0.497 e. The van der Waals surface area contributed by atoms with Crippen molar-refractivity contribution in [3.05, 3.63) is 65.4 Å². The van der Waals surface area contributed by atoms with Gasteiger partial charge in [0, 0.05) is 50.2 Å². The Hall–Kier alpha value is -3.72. The van der Waals surface area contributed by atoms with Gasteiger partial charge in [-0.3, -0.25) is 4.90 Å². The number of piperazine rings is 1. The molecule has 0 spiro atoms. The van der Waals surface area contributed by atoms with E-state index in [0.717, 1.165) is 43.2 Å². The van der Waals surface area contributed by atoms with Crippen LogP contribution < -0.4 is 25.0 Å². The lowest BCUT2D eigenvalue weighted by Gasteiger charge is -2.38. The van der Waals surface area contributed by atoms with Gasteiger partial charge < -0.3 is 29.7 Å². The Bertz CT molecular complexity index is 1080. The lowest BCUT2D eigenvalue weighted by Crippen LogP contribution is -2.51. The molecule has 0 bridgehead atoms. The van der Waals surface area contributed by atoms with Crippen molar-refractivity contribution in [2.24, 2.45) is 0 Å². The van der Waals surface area contributed by atoms with Gasteiger partial charge in [0.25, 0.3) is 0 Å². The molecule has 4 rings (SSSR count). The van der Waals surface area contributed by atoms with E-state index < -0.39 is 12.0 Å². The Balaban J connectivity index is 1.54. The second-order valence-electron chi connectivity index (χ2n) is 8.38. The molecule has 186 valence electrons. The topological polar surface area (TPSA) is 92.4 Å². The first-order chi connectivity index (χ1) is 17.0. The number of anilines is 1. The normalized spacial score (nSPS) is 18.5. The Morgan fingerprint density at radius 2 is 1.71 bits per heavy atom. The van der Waals surface area contributed by atoms with Crippen LogP contribution in [0.25, 0.3) is 0 Å². The molecule has 0 aromatic heterocycles. The average molecular weight is 481 g/mol. The summed E-state index contributed by atoms with van der Waals surface area (Å²) in [6, 6.07) is 14.4. The summed E-state index contributed by atoms with van der Waals surface area (Å²) >= 11 is 0. The highest BCUT2D eigenvalue weighted by molar-refractivity contribution is 5.95. The van der Waals surface area contributed by atoms with Crippen molar-refractivity contribution in [2.75, 3.05) is 58.5 Å². The van der Waals surface area contributed by atoms with Gasteiger partial charge in [-0.25, -0.2) is 9.59 Å². The summed E-state index contributed by atoms with van der Waals surface area (Å²) in [5.74, 6) is 1.09. The molecule has 1 atom stereocenters. The highest BCUT2D eigenvalue weighted by Crippen LogP contribution is 2.30. The number of nitrogens with zero attached hydrogens (tertiary/aromatic N) is 2. The first-order valence-corrected chi connectivity index (χ1v) is 11.7. The van der Waals surface area contributed by atoms with Crippen LogP contribution in [0.15, 0.2) is 59.8 Å². The highest BCUT2D eigenvalue weighted by Gasteiger charge is 2.34. The Kier molecular flexibility index (Phi) is 7.77. The number of urea groups is 1. The Morgan fingerprint density at radius 3 is 2.37 bits per heavy atom. The minimum absolute atomic E-state index is 0.248. The maximum absolute atomic E-state index is 13.0. The van der Waals surface area contributed by atoms with Crippen molar-refractivity contribution in [3.8, 4) is 11.5 Å². The zero-order valence-corrected chi connectivity index (χ0v) is 20.4. The van der Waals surface area contributed by atoms with E-state index in [2.05, 4.69) is 26.5 Å². The van der Waals surface area contributed by atoms with Crippen molar-refractivity contribution in [2.45, 2.75) is 13.0 Å². The minimum Gasteiger partial charge on any atom is -0.497 e. The number of ether oxygens (including phenoxy) is 3. The molecule has 2 heterocycles. The molecule has 1 fully saturated rings. The van der Waals surface area contributed by atoms with E-state index in [4.69, 9.17) is 14.2 Å². The first kappa shape index (κ1) is 24.4. The van der Waals surface area contributed by atoms with Gasteiger partial charge in [-0.2, -0.15) is 0 Å². The number of esters is 1. The first-order valence-electron chi connectivity index (χ1n) is 11.7. The molecule has 2 aromatic carbocycles. The molecule has 1 saturated heterocycles. The molecule has 0 saturated carbocycles. The second-order valence-corrected chi connectivity index (χ2v) is 8.38. The number of nitrogens with one attached hydrogen (secondary N) is 2. The van der Waals surface area contributed by atoms with Gasteiger partial charge in [-0.05, 0) is 36.8 Å². The maximum Gasteiger partial charge on any atom is 0.338 e. The van der Waals surface area contributed by atoms with Crippen LogP contribution in [-0.4, -0.2) is 70.5 Å². The van der Waals surface area contributed by atoms with Gasteiger partial charge in [0.05, 0.1) is 32.4 Å². The SMILES string of the molecule is CCOC(=O)C1=C(CN2CCN(c3cccc(OC)c3)CC2)NC(=O)N[C@H]1c1ccc(OC)cc1. The number of carbonyl (C=O) groups is 2. The van der Waals surface area contributed by atoms with Crippen LogP contribution in [0.2, 0.25) is 0 Å². The summed E-state index contributed by atoms with van der Waals surface area (Å²) in [7, 11) is 3.26. The summed E-state index contributed by atoms with van der Waals surface area (Å²) in [5.41, 5.74) is 2.89. The van der Waals surface area contributed by atoms with Gasteiger partial charge in [-0.15, -0.1) is 0 Å². The van der Waals surface area contributed by atoms with Crippen molar-refractivity contribution in [3.63, 3.8) is 0 Å². The lowest BCUT2D eigenvalue weighted by atomic mass is 9.94. The molecule has 35 heavy (non-hydrogen) atoms. The summed E-state index contributed by atoms with van der Waals surface area (Å²) in [4.78, 5) is 30.1. The number of rotatable bonds is 8. The van der Waals surface area contributed by atoms with Crippen LogP contribution in [-0.2, 0) is 9.53 Å². The standard InChI is InChI=1S/C26H32N4O5/c1-4-35-25(31)23-22(27-26(32)28-24(23)18-8-10-20(33-2)11-9-18)17-29-12-14-30(15-13-29)19-6-5-7-21(16-19)34-3/h5-11,16,24H,4,12-15,17H2,1-3H3,(H2,27,28,32)/t24-/m0/s1. The van der Waals surface area contributed by atoms with Crippen LogP contribution >= 0.6 is 0 Å². The molecular formula is C26H32N4O5. The summed E-state index contributed by atoms with van der Waals surface area (Å²) in [6.45, 7) is 5.68. The van der Waals surface area contributed by atoms with Crippen LogP contribution in [0, 0.1) is 0 Å². The van der Waals surface area contributed by atoms with Crippen molar-refractivity contribution >= 4 is 17.7 Å². The van der Waals surface area contributed by atoms with Gasteiger partial charge in [0.15, 0.2) is 0 Å². The molecule has 2 aromatic rings. The molecule has 0 aliphatic carbocycles. The molecule has 2 N–H and O–H groups in total. The zero-order chi connectivity index (χ0) is 24.8. The molecule has 2 aliphatic rings. The van der Waals surface area contributed by atoms with E-state index in [9.17, 15) is 9.59 Å². The Labute approximate surface area is 205 Å². The second kappa shape index (κ2) is 11.1. The number of carbonyl (C=O) groups excluding carboxylic acids is 2. The number of methoxy groups -OCH3 is 2. The van der Waals surface area contributed by atoms with Crippen molar-refractivity contribution in [1.29, 1.82) is 0 Å². The fraction of sp³-hybridized carbons (Fsp3) is 0.385. The van der Waals surface area contributed by atoms with E-state index in [-0.39, 0.29) is 12.6 Å². The number of benzene rings is 2. The number of hydrogen-bond donors (Lipinski definition) is 2. The van der Waals surface area contributed by atoms with E-state index >= 15 is 0 Å². The molecule has 9 heteroatoms. The van der Waals surface area contributed by atoms with Gasteiger partial charge >= 0.3 is 12.0 Å². The monoisotopic (exact) mass is 480 g/mol. The van der Waals surface area contributed by atoms with Crippen LogP contribution in [0.4, 0.5) is 10.5 Å². The average Bonchev–Trinajstić information content (AvgIpc) is 2.89. The fourth-order valence-corrected chi connectivity index (χ4v) is 4.43. The van der Waals surface area contributed by atoms with Crippen molar-refractivity contribution < 1.29 is 23.8 Å². The molecule has 9 nitrogen and oxygen atoms in total. The minimum atomic E-state index is -0.609. The Morgan fingerprint density at radius 1 is 1.00 bits per heavy atom. The predicted octanol–water partition coefficient (Wildman–Crippen LogP) is 2.70. The van der Waals surface area contributed by atoms with Crippen molar-refractivity contribution in [1.82, 2.24) is 15.5 Å². The molecule has 2 amide bonds. The van der Waals surface area contributed by atoms with E-state index in [0.29, 0.717) is 23.6 Å². The number of amides is 2. The predicted molar refractivity (Wildman–Crippen MR) is 133 cm³/mol. The summed E-state index contributed by atoms with van der Waals surface area (Å²) in [5, 5.41) is 5.74. The quantitative estimate of drug-likeness (QED) is 0.562. The summed E-state index contributed by atoms with van der Waals surface area (Å²) < 4.78 is 16.0. The van der Waals surface area contributed by atoms with Gasteiger partial charge in [0.1, 0.15) is 11.5 Å². The lowest BCUT2D eigenvalue weighted by molar-refractivity contribution is -0.139. The van der Waals surface area contributed by atoms with Crippen LogP contribution in [0.3, 0.4) is 0 Å². The smallest absolute Gasteiger partial charge is 0.338 e. The highest BCUT2D eigenvalue weighted by atomic mass is 16.5. The van der Waals surface area contributed by atoms with E-state index in [1.54, 1.807) is 21.1 Å². The van der Waals surface area contributed by atoms with Gasteiger partial charge in [-0.1, -0.05) is 18.2 Å². The molecule has 0 unspecified atom stereocenters.